The Kier molecular flexibility index (Phi) is 7.20. The van der Waals surface area contributed by atoms with E-state index < -0.39 is 5.97 Å². The summed E-state index contributed by atoms with van der Waals surface area (Å²) in [5, 5.41) is 0. The molecule has 0 unspecified atom stereocenters. The average molecular weight is 340 g/mol. The number of ketones is 1. The number of rotatable bonds is 9. The molecule has 0 aliphatic carbocycles. The number of Topliss-reactive ketones (excluding diaryl/α,β-unsaturated/α-hetero) is 1. The molecule has 0 aliphatic rings. The van der Waals surface area contributed by atoms with Crippen LogP contribution in [0.3, 0.4) is 0 Å². The van der Waals surface area contributed by atoms with E-state index in [4.69, 9.17) is 9.47 Å². The summed E-state index contributed by atoms with van der Waals surface area (Å²) in [5.41, 5.74) is 1.07. The van der Waals surface area contributed by atoms with Crippen LogP contribution in [0.25, 0.3) is 0 Å². The van der Waals surface area contributed by atoms with E-state index in [2.05, 4.69) is 6.92 Å². The van der Waals surface area contributed by atoms with E-state index in [1.54, 1.807) is 48.5 Å². The Balaban J connectivity index is 1.91. The first-order valence-electron chi connectivity index (χ1n) is 8.72. The van der Waals surface area contributed by atoms with Gasteiger partial charge in [-0.05, 0) is 55.0 Å². The Morgan fingerprint density at radius 1 is 0.800 bits per heavy atom. The molecule has 0 heterocycles. The summed E-state index contributed by atoms with van der Waals surface area (Å²) in [5.74, 6) is 0.784. The average Bonchev–Trinajstić information content (AvgIpc) is 2.65. The van der Waals surface area contributed by atoms with Gasteiger partial charge in [-0.3, -0.25) is 4.79 Å². The summed E-state index contributed by atoms with van der Waals surface area (Å²) in [4.78, 5) is 23.8. The van der Waals surface area contributed by atoms with Crippen molar-refractivity contribution in [2.45, 2.75) is 39.5 Å². The molecule has 0 saturated carbocycles. The van der Waals surface area contributed by atoms with Gasteiger partial charge in [-0.2, -0.15) is 0 Å². The number of hydrogen-bond acceptors (Lipinski definition) is 4. The Morgan fingerprint density at radius 3 is 2.00 bits per heavy atom. The molecule has 2 rings (SSSR count). The molecular formula is C21H24O4. The summed E-state index contributed by atoms with van der Waals surface area (Å²) in [7, 11) is 0. The molecule has 0 aliphatic heterocycles. The quantitative estimate of drug-likeness (QED) is 0.277. The van der Waals surface area contributed by atoms with E-state index in [-0.39, 0.29) is 5.78 Å². The number of carbonyl (C=O) groups is 2. The van der Waals surface area contributed by atoms with Gasteiger partial charge in [-0.1, -0.05) is 26.7 Å². The Bertz CT molecular complexity index is 687. The molecule has 0 bridgehead atoms. The van der Waals surface area contributed by atoms with E-state index in [1.165, 1.54) is 0 Å². The SMILES string of the molecule is CCCCCOc1ccc(C(=O)Oc2ccc(C(=O)CC)cc2)cc1. The van der Waals surface area contributed by atoms with Crippen molar-refractivity contribution in [2.24, 2.45) is 0 Å². The highest BCUT2D eigenvalue weighted by molar-refractivity contribution is 5.96. The normalized spacial score (nSPS) is 10.3. The molecule has 2 aromatic rings. The molecule has 0 atom stereocenters. The number of hydrogen-bond donors (Lipinski definition) is 0. The Hall–Kier alpha value is -2.62. The second kappa shape index (κ2) is 9.62. The number of carbonyl (C=O) groups excluding carboxylic acids is 2. The van der Waals surface area contributed by atoms with Gasteiger partial charge in [-0.25, -0.2) is 4.79 Å². The van der Waals surface area contributed by atoms with E-state index in [1.807, 2.05) is 6.92 Å². The minimum absolute atomic E-state index is 0.0624. The van der Waals surface area contributed by atoms with Crippen molar-refractivity contribution in [2.75, 3.05) is 6.61 Å². The van der Waals surface area contributed by atoms with Crippen LogP contribution in [0.4, 0.5) is 0 Å². The molecule has 132 valence electrons. The Labute approximate surface area is 148 Å². The van der Waals surface area contributed by atoms with Crippen LogP contribution in [-0.2, 0) is 0 Å². The topological polar surface area (TPSA) is 52.6 Å². The first-order valence-corrected chi connectivity index (χ1v) is 8.72. The number of unbranched alkanes of at least 4 members (excludes halogenated alkanes) is 2. The summed E-state index contributed by atoms with van der Waals surface area (Å²) < 4.78 is 11.0. The number of ether oxygens (including phenoxy) is 2. The lowest BCUT2D eigenvalue weighted by Crippen LogP contribution is -2.08. The van der Waals surface area contributed by atoms with E-state index in [0.717, 1.165) is 25.0 Å². The molecule has 2 aromatic carbocycles. The van der Waals surface area contributed by atoms with Crippen LogP contribution >= 0.6 is 0 Å². The van der Waals surface area contributed by atoms with E-state index in [9.17, 15) is 9.59 Å². The van der Waals surface area contributed by atoms with Gasteiger partial charge < -0.3 is 9.47 Å². The molecule has 0 N–H and O–H groups in total. The van der Waals surface area contributed by atoms with Crippen LogP contribution in [0.1, 0.15) is 60.2 Å². The molecule has 0 saturated heterocycles. The largest absolute Gasteiger partial charge is 0.494 e. The summed E-state index contributed by atoms with van der Waals surface area (Å²) >= 11 is 0. The molecule has 0 radical (unpaired) electrons. The van der Waals surface area contributed by atoms with Gasteiger partial charge in [0.2, 0.25) is 0 Å². The monoisotopic (exact) mass is 340 g/mol. The van der Waals surface area contributed by atoms with Crippen molar-refractivity contribution >= 4 is 11.8 Å². The molecule has 0 fully saturated rings. The zero-order valence-electron chi connectivity index (χ0n) is 14.8. The van der Waals surface area contributed by atoms with Crippen molar-refractivity contribution in [1.29, 1.82) is 0 Å². The highest BCUT2D eigenvalue weighted by Gasteiger charge is 2.10. The number of benzene rings is 2. The summed E-state index contributed by atoms with van der Waals surface area (Å²) in [6, 6.07) is 13.5. The van der Waals surface area contributed by atoms with Crippen molar-refractivity contribution < 1.29 is 19.1 Å². The maximum Gasteiger partial charge on any atom is 0.343 e. The van der Waals surface area contributed by atoms with Crippen LogP contribution in [0.2, 0.25) is 0 Å². The molecule has 25 heavy (non-hydrogen) atoms. The summed E-state index contributed by atoms with van der Waals surface area (Å²) in [6.07, 6.45) is 3.78. The predicted molar refractivity (Wildman–Crippen MR) is 97.5 cm³/mol. The van der Waals surface area contributed by atoms with Crippen LogP contribution in [0.15, 0.2) is 48.5 Å². The van der Waals surface area contributed by atoms with Gasteiger partial charge in [0.1, 0.15) is 11.5 Å². The van der Waals surface area contributed by atoms with Crippen molar-refractivity contribution in [1.82, 2.24) is 0 Å². The first kappa shape index (κ1) is 18.7. The lowest BCUT2D eigenvalue weighted by molar-refractivity contribution is 0.0734. The van der Waals surface area contributed by atoms with Crippen LogP contribution < -0.4 is 9.47 Å². The third kappa shape index (κ3) is 5.75. The van der Waals surface area contributed by atoms with Gasteiger partial charge in [0.15, 0.2) is 5.78 Å². The highest BCUT2D eigenvalue weighted by Crippen LogP contribution is 2.17. The van der Waals surface area contributed by atoms with Crippen molar-refractivity contribution in [3.63, 3.8) is 0 Å². The Morgan fingerprint density at radius 2 is 1.40 bits per heavy atom. The van der Waals surface area contributed by atoms with Gasteiger partial charge in [0.25, 0.3) is 0 Å². The molecule has 4 nitrogen and oxygen atoms in total. The van der Waals surface area contributed by atoms with Crippen LogP contribution in [0, 0.1) is 0 Å². The van der Waals surface area contributed by atoms with E-state index in [0.29, 0.717) is 29.9 Å². The van der Waals surface area contributed by atoms with Crippen molar-refractivity contribution in [3.8, 4) is 11.5 Å². The second-order valence-electron chi connectivity index (χ2n) is 5.77. The predicted octanol–water partition coefficient (Wildman–Crippen LogP) is 5.07. The fourth-order valence-electron chi connectivity index (χ4n) is 2.31. The third-order valence-electron chi connectivity index (χ3n) is 3.81. The standard InChI is InChI=1S/C21H24O4/c1-3-5-6-15-24-18-11-9-17(10-12-18)21(23)25-19-13-7-16(8-14-19)20(22)4-2/h7-14H,3-6,15H2,1-2H3. The smallest absolute Gasteiger partial charge is 0.343 e. The zero-order chi connectivity index (χ0) is 18.1. The number of esters is 1. The fraction of sp³-hybridized carbons (Fsp3) is 0.333. The lowest BCUT2D eigenvalue weighted by atomic mass is 10.1. The second-order valence-corrected chi connectivity index (χ2v) is 5.77. The minimum Gasteiger partial charge on any atom is -0.494 e. The lowest BCUT2D eigenvalue weighted by Gasteiger charge is -2.08. The first-order chi connectivity index (χ1) is 12.1. The van der Waals surface area contributed by atoms with Crippen LogP contribution in [-0.4, -0.2) is 18.4 Å². The van der Waals surface area contributed by atoms with Crippen LogP contribution in [0.5, 0.6) is 11.5 Å². The minimum atomic E-state index is -0.438. The van der Waals surface area contributed by atoms with Crippen molar-refractivity contribution in [3.05, 3.63) is 59.7 Å². The zero-order valence-corrected chi connectivity index (χ0v) is 14.8. The maximum atomic E-state index is 12.2. The van der Waals surface area contributed by atoms with Gasteiger partial charge >= 0.3 is 5.97 Å². The van der Waals surface area contributed by atoms with Gasteiger partial charge in [0, 0.05) is 12.0 Å². The molecule has 0 amide bonds. The maximum absolute atomic E-state index is 12.2. The molecule has 0 spiro atoms. The molecular weight excluding hydrogens is 316 g/mol. The van der Waals surface area contributed by atoms with Gasteiger partial charge in [-0.15, -0.1) is 0 Å². The summed E-state index contributed by atoms with van der Waals surface area (Å²) in [6.45, 7) is 4.64. The fourth-order valence-corrected chi connectivity index (χ4v) is 2.31. The van der Waals surface area contributed by atoms with E-state index >= 15 is 0 Å². The third-order valence-corrected chi connectivity index (χ3v) is 3.81. The molecule has 0 aromatic heterocycles. The highest BCUT2D eigenvalue weighted by atomic mass is 16.5. The molecule has 4 heteroatoms. The van der Waals surface area contributed by atoms with Gasteiger partial charge in [0.05, 0.1) is 12.2 Å².